The Labute approximate surface area is 126 Å². The summed E-state index contributed by atoms with van der Waals surface area (Å²) in [4.78, 5) is 11.6. The lowest BCUT2D eigenvalue weighted by Crippen LogP contribution is -2.05. The molecule has 2 rings (SSSR count). The first kappa shape index (κ1) is 15.0. The molecule has 0 spiro atoms. The van der Waals surface area contributed by atoms with Gasteiger partial charge in [0, 0.05) is 17.8 Å². The van der Waals surface area contributed by atoms with Crippen LogP contribution in [-0.2, 0) is 11.3 Å². The van der Waals surface area contributed by atoms with Crippen LogP contribution in [0.2, 0.25) is 5.02 Å². The van der Waals surface area contributed by atoms with Crippen molar-refractivity contribution in [2.24, 2.45) is 0 Å². The number of carbonyl (C=O) groups excluding carboxylic acids is 1. The van der Waals surface area contributed by atoms with Gasteiger partial charge in [-0.2, -0.15) is 0 Å². The van der Waals surface area contributed by atoms with Crippen LogP contribution in [0, 0.1) is 0 Å². The number of hydrogen-bond donors (Lipinski definition) is 3. The highest BCUT2D eigenvalue weighted by atomic mass is 35.5. The summed E-state index contributed by atoms with van der Waals surface area (Å²) in [6.07, 6.45) is 0. The normalized spacial score (nSPS) is 10.2. The summed E-state index contributed by atoms with van der Waals surface area (Å²) in [6, 6.07) is 9.56. The van der Waals surface area contributed by atoms with Crippen LogP contribution in [0.1, 0.15) is 15.9 Å². The molecule has 21 heavy (non-hydrogen) atoms. The number of nitrogens with one attached hydrogen (secondary N) is 1. The van der Waals surface area contributed by atoms with E-state index in [-0.39, 0.29) is 23.6 Å². The molecular formula is C15H14ClNO4. The Bertz CT molecular complexity index is 673. The third kappa shape index (κ3) is 3.38. The first-order chi connectivity index (χ1) is 10.0. The molecule has 0 saturated heterocycles. The zero-order chi connectivity index (χ0) is 15.4. The summed E-state index contributed by atoms with van der Waals surface area (Å²) in [5, 5.41) is 22.5. The van der Waals surface area contributed by atoms with E-state index in [2.05, 4.69) is 10.1 Å². The van der Waals surface area contributed by atoms with Crippen molar-refractivity contribution in [2.75, 3.05) is 12.4 Å². The summed E-state index contributed by atoms with van der Waals surface area (Å²) in [7, 11) is 1.28. The van der Waals surface area contributed by atoms with E-state index < -0.39 is 5.97 Å². The molecule has 0 aliphatic heterocycles. The quantitative estimate of drug-likeness (QED) is 0.597. The minimum Gasteiger partial charge on any atom is -0.504 e. The number of aromatic hydroxyl groups is 2. The van der Waals surface area contributed by atoms with Gasteiger partial charge in [0.15, 0.2) is 11.5 Å². The highest BCUT2D eigenvalue weighted by Crippen LogP contribution is 2.29. The van der Waals surface area contributed by atoms with Gasteiger partial charge >= 0.3 is 5.97 Å². The van der Waals surface area contributed by atoms with E-state index in [1.807, 2.05) is 0 Å². The van der Waals surface area contributed by atoms with Crippen molar-refractivity contribution in [3.63, 3.8) is 0 Å². The van der Waals surface area contributed by atoms with Crippen LogP contribution in [0.15, 0.2) is 36.4 Å². The predicted molar refractivity (Wildman–Crippen MR) is 79.9 cm³/mol. The van der Waals surface area contributed by atoms with Crippen LogP contribution in [0.4, 0.5) is 5.69 Å². The molecule has 0 heterocycles. The summed E-state index contributed by atoms with van der Waals surface area (Å²) in [5.41, 5.74) is 1.43. The Morgan fingerprint density at radius 2 is 2.05 bits per heavy atom. The van der Waals surface area contributed by atoms with Crippen molar-refractivity contribution in [1.29, 1.82) is 0 Å². The van der Waals surface area contributed by atoms with Gasteiger partial charge in [0.1, 0.15) is 0 Å². The Balaban J connectivity index is 2.17. The summed E-state index contributed by atoms with van der Waals surface area (Å²) in [6.45, 7) is 0.280. The number of carbonyl (C=O) groups is 1. The number of anilines is 1. The first-order valence-electron chi connectivity index (χ1n) is 6.14. The van der Waals surface area contributed by atoms with E-state index in [1.54, 1.807) is 30.3 Å². The SMILES string of the molecule is COC(=O)c1cc(NCc2cccc(O)c2O)ccc1Cl. The number of para-hydroxylation sites is 1. The van der Waals surface area contributed by atoms with E-state index in [0.29, 0.717) is 16.3 Å². The monoisotopic (exact) mass is 307 g/mol. The second-order valence-electron chi connectivity index (χ2n) is 4.32. The van der Waals surface area contributed by atoms with E-state index in [1.165, 1.54) is 13.2 Å². The Morgan fingerprint density at radius 1 is 1.29 bits per heavy atom. The van der Waals surface area contributed by atoms with Gasteiger partial charge in [-0.15, -0.1) is 0 Å². The minimum absolute atomic E-state index is 0.174. The fraction of sp³-hybridized carbons (Fsp3) is 0.133. The zero-order valence-electron chi connectivity index (χ0n) is 11.3. The molecule has 3 N–H and O–H groups in total. The first-order valence-corrected chi connectivity index (χ1v) is 6.52. The molecule has 0 unspecified atom stereocenters. The van der Waals surface area contributed by atoms with Crippen LogP contribution < -0.4 is 5.32 Å². The van der Waals surface area contributed by atoms with Crippen molar-refractivity contribution in [1.82, 2.24) is 0 Å². The number of phenols is 2. The van der Waals surface area contributed by atoms with Gasteiger partial charge in [-0.25, -0.2) is 4.79 Å². The molecule has 2 aromatic rings. The van der Waals surface area contributed by atoms with Crippen molar-refractivity contribution < 1.29 is 19.7 Å². The van der Waals surface area contributed by atoms with Gasteiger partial charge in [0.2, 0.25) is 0 Å². The summed E-state index contributed by atoms with van der Waals surface area (Å²) in [5.74, 6) is -0.878. The van der Waals surface area contributed by atoms with E-state index in [4.69, 9.17) is 11.6 Å². The molecule has 5 nitrogen and oxygen atoms in total. The van der Waals surface area contributed by atoms with Crippen LogP contribution in [-0.4, -0.2) is 23.3 Å². The largest absolute Gasteiger partial charge is 0.504 e. The number of benzene rings is 2. The average molecular weight is 308 g/mol. The van der Waals surface area contributed by atoms with E-state index >= 15 is 0 Å². The van der Waals surface area contributed by atoms with Gasteiger partial charge in [-0.05, 0) is 24.3 Å². The number of methoxy groups -OCH3 is 1. The predicted octanol–water partition coefficient (Wildman–Crippen LogP) is 3.15. The molecule has 0 atom stereocenters. The molecule has 6 heteroatoms. The highest BCUT2D eigenvalue weighted by molar-refractivity contribution is 6.33. The molecule has 110 valence electrons. The third-order valence-corrected chi connectivity index (χ3v) is 3.28. The van der Waals surface area contributed by atoms with Crippen LogP contribution in [0.3, 0.4) is 0 Å². The molecule has 0 radical (unpaired) electrons. The molecule has 2 aromatic carbocycles. The number of phenolic OH excluding ortho intramolecular Hbond substituents is 2. The topological polar surface area (TPSA) is 78.8 Å². The third-order valence-electron chi connectivity index (χ3n) is 2.95. The number of rotatable bonds is 4. The Kier molecular flexibility index (Phi) is 4.55. The molecule has 0 bridgehead atoms. The van der Waals surface area contributed by atoms with Crippen molar-refractivity contribution in [3.05, 3.63) is 52.5 Å². The van der Waals surface area contributed by atoms with Gasteiger partial charge in [0.25, 0.3) is 0 Å². The molecule has 0 saturated carbocycles. The van der Waals surface area contributed by atoms with Crippen LogP contribution >= 0.6 is 11.6 Å². The second-order valence-corrected chi connectivity index (χ2v) is 4.73. The average Bonchev–Trinajstić information content (AvgIpc) is 2.49. The minimum atomic E-state index is -0.524. The lowest BCUT2D eigenvalue weighted by atomic mass is 10.1. The molecule has 0 aliphatic rings. The maximum Gasteiger partial charge on any atom is 0.339 e. The van der Waals surface area contributed by atoms with Crippen LogP contribution in [0.5, 0.6) is 11.5 Å². The zero-order valence-corrected chi connectivity index (χ0v) is 12.0. The number of hydrogen-bond acceptors (Lipinski definition) is 5. The van der Waals surface area contributed by atoms with Gasteiger partial charge in [-0.1, -0.05) is 23.7 Å². The highest BCUT2D eigenvalue weighted by Gasteiger charge is 2.12. The Hall–Kier alpha value is -2.40. The Morgan fingerprint density at radius 3 is 2.76 bits per heavy atom. The maximum atomic E-state index is 11.6. The summed E-state index contributed by atoms with van der Waals surface area (Å²) >= 11 is 5.93. The second kappa shape index (κ2) is 6.37. The van der Waals surface area contributed by atoms with Crippen LogP contribution in [0.25, 0.3) is 0 Å². The van der Waals surface area contributed by atoms with E-state index in [9.17, 15) is 15.0 Å². The van der Waals surface area contributed by atoms with E-state index in [0.717, 1.165) is 0 Å². The van der Waals surface area contributed by atoms with Crippen molar-refractivity contribution in [3.8, 4) is 11.5 Å². The van der Waals surface area contributed by atoms with Crippen molar-refractivity contribution in [2.45, 2.75) is 6.54 Å². The summed E-state index contributed by atoms with van der Waals surface area (Å²) < 4.78 is 4.65. The number of ether oxygens (including phenoxy) is 1. The van der Waals surface area contributed by atoms with Gasteiger partial charge in [0.05, 0.1) is 17.7 Å². The molecule has 0 fully saturated rings. The number of esters is 1. The van der Waals surface area contributed by atoms with Gasteiger partial charge in [-0.3, -0.25) is 0 Å². The molecule has 0 aliphatic carbocycles. The van der Waals surface area contributed by atoms with Gasteiger partial charge < -0.3 is 20.3 Å². The number of halogens is 1. The standard InChI is InChI=1S/C15H14ClNO4/c1-21-15(20)11-7-10(5-6-12(11)16)17-8-9-3-2-4-13(18)14(9)19/h2-7,17-19H,8H2,1H3. The molecular weight excluding hydrogens is 294 g/mol. The lowest BCUT2D eigenvalue weighted by molar-refractivity contribution is 0.0601. The lowest BCUT2D eigenvalue weighted by Gasteiger charge is -2.10. The maximum absolute atomic E-state index is 11.6. The molecule has 0 aromatic heterocycles. The fourth-order valence-corrected chi connectivity index (χ4v) is 2.01. The molecule has 0 amide bonds. The smallest absolute Gasteiger partial charge is 0.339 e. The fourth-order valence-electron chi connectivity index (χ4n) is 1.82. The van der Waals surface area contributed by atoms with Crippen molar-refractivity contribution >= 4 is 23.3 Å².